The Morgan fingerprint density at radius 1 is 1.08 bits per heavy atom. The summed E-state index contributed by atoms with van der Waals surface area (Å²) in [6.07, 6.45) is -5.51. The number of aliphatic carboxylic acids is 2. The van der Waals surface area contributed by atoms with Crippen LogP contribution in [-0.2, 0) is 20.9 Å². The lowest BCUT2D eigenvalue weighted by Gasteiger charge is -2.24. The monoisotopic (exact) mass is 584 g/mol. The van der Waals surface area contributed by atoms with Crippen LogP contribution in [0.15, 0.2) is 29.9 Å². The second kappa shape index (κ2) is 12.4. The van der Waals surface area contributed by atoms with Crippen LogP contribution in [0.25, 0.3) is 0 Å². The van der Waals surface area contributed by atoms with Gasteiger partial charge in [0.05, 0.1) is 22.8 Å². The first-order chi connectivity index (χ1) is 17.9. The quantitative estimate of drug-likeness (QED) is 0.524. The van der Waals surface area contributed by atoms with E-state index in [9.17, 15) is 35.9 Å². The number of likely N-dealkylation sites (tertiary alicyclic amines) is 2. The summed E-state index contributed by atoms with van der Waals surface area (Å²) in [6, 6.07) is 3.56. The van der Waals surface area contributed by atoms with Gasteiger partial charge in [0.25, 0.3) is 5.91 Å². The number of carbonyl (C=O) groups is 4. The molecule has 4 rings (SSSR count). The molecule has 4 heterocycles. The van der Waals surface area contributed by atoms with Crippen molar-refractivity contribution in [1.29, 1.82) is 0 Å². The molecule has 0 aliphatic carbocycles. The molecule has 214 valence electrons. The maximum absolute atomic E-state index is 12.6. The number of aromatic nitrogens is 2. The molecule has 0 bridgehead atoms. The van der Waals surface area contributed by atoms with Crippen LogP contribution in [0, 0.1) is 12.3 Å². The van der Waals surface area contributed by atoms with Gasteiger partial charge in [0.2, 0.25) is 5.91 Å². The Morgan fingerprint density at radius 3 is 2.13 bits per heavy atom. The smallest absolute Gasteiger partial charge is 0.475 e. The second-order valence-electron chi connectivity index (χ2n) is 8.61. The molecule has 0 saturated carbocycles. The van der Waals surface area contributed by atoms with Gasteiger partial charge in [-0.3, -0.25) is 14.6 Å². The highest BCUT2D eigenvalue weighted by Crippen LogP contribution is 2.41. The van der Waals surface area contributed by atoms with Gasteiger partial charge in [-0.2, -0.15) is 26.3 Å². The number of rotatable bonds is 3. The van der Waals surface area contributed by atoms with Crippen molar-refractivity contribution in [3.63, 3.8) is 0 Å². The van der Waals surface area contributed by atoms with Gasteiger partial charge in [-0.05, 0) is 25.5 Å². The molecule has 1 unspecified atom stereocenters. The van der Waals surface area contributed by atoms with Crippen LogP contribution in [0.5, 0.6) is 0 Å². The predicted molar refractivity (Wildman–Crippen MR) is 121 cm³/mol. The van der Waals surface area contributed by atoms with Crippen molar-refractivity contribution in [3.8, 4) is 0 Å². The third kappa shape index (κ3) is 9.19. The number of carboxylic acid groups (broad SMARTS) is 2. The Morgan fingerprint density at radius 2 is 1.67 bits per heavy atom. The van der Waals surface area contributed by atoms with Gasteiger partial charge in [0, 0.05) is 49.2 Å². The summed E-state index contributed by atoms with van der Waals surface area (Å²) in [5, 5.41) is 17.3. The molecule has 2 aromatic rings. The number of alkyl halides is 6. The van der Waals surface area contributed by atoms with Crippen molar-refractivity contribution in [2.45, 2.75) is 38.7 Å². The zero-order valence-electron chi connectivity index (χ0n) is 20.1. The average molecular weight is 584 g/mol. The van der Waals surface area contributed by atoms with E-state index < -0.39 is 24.3 Å². The van der Waals surface area contributed by atoms with E-state index in [-0.39, 0.29) is 17.2 Å². The lowest BCUT2D eigenvalue weighted by atomic mass is 9.86. The summed E-state index contributed by atoms with van der Waals surface area (Å²) >= 11 is 1.61. The maximum Gasteiger partial charge on any atom is 0.490 e. The van der Waals surface area contributed by atoms with E-state index in [1.54, 1.807) is 35.9 Å². The maximum atomic E-state index is 12.6. The van der Waals surface area contributed by atoms with Crippen LogP contribution < -0.4 is 0 Å². The molecule has 39 heavy (non-hydrogen) atoms. The van der Waals surface area contributed by atoms with Gasteiger partial charge < -0.3 is 20.0 Å². The number of carbonyl (C=O) groups excluding carboxylic acids is 2. The van der Waals surface area contributed by atoms with Crippen molar-refractivity contribution in [3.05, 3.63) is 46.2 Å². The molecular weight excluding hydrogens is 562 g/mol. The van der Waals surface area contributed by atoms with E-state index in [2.05, 4.69) is 9.97 Å². The number of thiazole rings is 1. The molecule has 2 aliphatic rings. The third-order valence-electron chi connectivity index (χ3n) is 5.54. The van der Waals surface area contributed by atoms with Crippen molar-refractivity contribution in [2.75, 3.05) is 19.6 Å². The number of hydrogen-bond acceptors (Lipinski definition) is 7. The molecule has 1 atom stereocenters. The molecule has 0 radical (unpaired) electrons. The predicted octanol–water partition coefficient (Wildman–Crippen LogP) is 3.38. The van der Waals surface area contributed by atoms with Crippen LogP contribution >= 0.6 is 11.3 Å². The SMILES string of the molecule is Cc1nc(CN2CC3(CCN(C(=O)c4cccnc4)C3)CC2=O)cs1.O=C(O)C(F)(F)F.O=C(O)C(F)(F)F. The molecule has 2 fully saturated rings. The Labute approximate surface area is 220 Å². The van der Waals surface area contributed by atoms with Crippen LogP contribution in [0.4, 0.5) is 26.3 Å². The lowest BCUT2D eigenvalue weighted by molar-refractivity contribution is -0.193. The fourth-order valence-corrected chi connectivity index (χ4v) is 4.46. The van der Waals surface area contributed by atoms with Gasteiger partial charge in [-0.1, -0.05) is 0 Å². The lowest BCUT2D eigenvalue weighted by Crippen LogP contribution is -2.34. The van der Waals surface area contributed by atoms with E-state index in [1.165, 1.54) is 0 Å². The highest BCUT2D eigenvalue weighted by molar-refractivity contribution is 7.09. The van der Waals surface area contributed by atoms with Crippen molar-refractivity contribution >= 4 is 35.1 Å². The number of nitrogens with zero attached hydrogens (tertiary/aromatic N) is 4. The zero-order chi connectivity index (χ0) is 29.6. The molecule has 10 nitrogen and oxygen atoms in total. The van der Waals surface area contributed by atoms with Gasteiger partial charge in [0.1, 0.15) is 0 Å². The summed E-state index contributed by atoms with van der Waals surface area (Å²) in [5.74, 6) is -5.34. The van der Waals surface area contributed by atoms with Crippen LogP contribution in [0.3, 0.4) is 0 Å². The minimum absolute atomic E-state index is 0.00556. The van der Waals surface area contributed by atoms with E-state index in [0.29, 0.717) is 38.2 Å². The molecule has 17 heteroatoms. The number of hydrogen-bond donors (Lipinski definition) is 2. The van der Waals surface area contributed by atoms with E-state index in [4.69, 9.17) is 19.8 Å². The summed E-state index contributed by atoms with van der Waals surface area (Å²) in [7, 11) is 0. The third-order valence-corrected chi connectivity index (χ3v) is 6.37. The van der Waals surface area contributed by atoms with Gasteiger partial charge in [-0.25, -0.2) is 14.6 Å². The van der Waals surface area contributed by atoms with Crippen molar-refractivity contribution in [1.82, 2.24) is 19.8 Å². The zero-order valence-corrected chi connectivity index (χ0v) is 20.9. The number of halogens is 6. The summed E-state index contributed by atoms with van der Waals surface area (Å²) in [6.45, 7) is 4.59. The Hall–Kier alpha value is -3.76. The molecule has 2 N–H and O–H groups in total. The van der Waals surface area contributed by atoms with Crippen molar-refractivity contribution in [2.24, 2.45) is 5.41 Å². The standard InChI is InChI=1S/C18H20N4O2S.2C2HF3O2/c1-13-20-15(10-25-13)9-22-12-18(7-16(22)23)4-6-21(11-18)17(24)14-3-2-5-19-8-14;2*3-2(4,5)1(6)7/h2-3,5,8,10H,4,6-7,9,11-12H2,1H3;2*(H,6,7). The fourth-order valence-electron chi connectivity index (χ4n) is 3.86. The van der Waals surface area contributed by atoms with Gasteiger partial charge in [0.15, 0.2) is 0 Å². The first kappa shape index (κ1) is 31.5. The number of amides is 2. The second-order valence-corrected chi connectivity index (χ2v) is 9.67. The highest BCUT2D eigenvalue weighted by atomic mass is 32.1. The minimum Gasteiger partial charge on any atom is -0.475 e. The highest BCUT2D eigenvalue weighted by Gasteiger charge is 2.48. The first-order valence-corrected chi connectivity index (χ1v) is 11.8. The molecular formula is C22H22F6N4O6S. The largest absolute Gasteiger partial charge is 0.490 e. The Kier molecular flexibility index (Phi) is 10.0. The fraction of sp³-hybridized carbons (Fsp3) is 0.455. The van der Waals surface area contributed by atoms with E-state index in [0.717, 1.165) is 17.1 Å². The summed E-state index contributed by atoms with van der Waals surface area (Å²) in [4.78, 5) is 55.1. The minimum atomic E-state index is -5.08. The van der Waals surface area contributed by atoms with Gasteiger partial charge in [-0.15, -0.1) is 11.3 Å². The van der Waals surface area contributed by atoms with Crippen LogP contribution in [0.2, 0.25) is 0 Å². The number of pyridine rings is 1. The molecule has 2 aliphatic heterocycles. The molecule has 2 aromatic heterocycles. The summed E-state index contributed by atoms with van der Waals surface area (Å²) in [5.41, 5.74) is 1.45. The number of carboxylic acids is 2. The number of aryl methyl sites for hydroxylation is 1. The van der Waals surface area contributed by atoms with Crippen LogP contribution in [0.1, 0.15) is 33.9 Å². The molecule has 1 spiro atoms. The molecule has 2 amide bonds. The Bertz CT molecular complexity index is 1170. The van der Waals surface area contributed by atoms with Gasteiger partial charge >= 0.3 is 24.3 Å². The molecule has 0 aromatic carbocycles. The first-order valence-electron chi connectivity index (χ1n) is 10.9. The normalized spacial score (nSPS) is 18.8. The van der Waals surface area contributed by atoms with E-state index >= 15 is 0 Å². The average Bonchev–Trinajstić information content (AvgIpc) is 3.52. The van der Waals surface area contributed by atoms with Crippen LogP contribution in [-0.4, -0.2) is 85.7 Å². The molecule has 2 saturated heterocycles. The topological polar surface area (TPSA) is 141 Å². The van der Waals surface area contributed by atoms with Crippen molar-refractivity contribution < 1.29 is 55.7 Å². The van der Waals surface area contributed by atoms with E-state index in [1.807, 2.05) is 22.1 Å². The summed E-state index contributed by atoms with van der Waals surface area (Å²) < 4.78 is 63.5. The Balaban J connectivity index is 0.000000317.